The van der Waals surface area contributed by atoms with Gasteiger partial charge in [0.05, 0.1) is 0 Å². The van der Waals surface area contributed by atoms with Gasteiger partial charge in [0.15, 0.2) is 0 Å². The summed E-state index contributed by atoms with van der Waals surface area (Å²) in [6.45, 7) is 7.24. The lowest BCUT2D eigenvalue weighted by Gasteiger charge is -2.11. The van der Waals surface area contributed by atoms with Crippen LogP contribution in [0.1, 0.15) is 29.5 Å². The topological polar surface area (TPSA) is 48.1 Å². The van der Waals surface area contributed by atoms with E-state index in [0.717, 1.165) is 36.3 Å². The number of hydrogen-bond donors (Lipinski definition) is 2. The zero-order valence-electron chi connectivity index (χ0n) is 14.9. The summed E-state index contributed by atoms with van der Waals surface area (Å²) in [6, 6.07) is 7.01. The molecule has 1 unspecified atom stereocenters. The second-order valence-corrected chi connectivity index (χ2v) is 7.58. The van der Waals surface area contributed by atoms with Crippen molar-refractivity contribution in [2.24, 2.45) is 0 Å². The molecule has 1 atom stereocenters. The van der Waals surface area contributed by atoms with Crippen LogP contribution in [-0.4, -0.2) is 36.1 Å². The minimum absolute atomic E-state index is 0. The maximum absolute atomic E-state index is 11.9. The van der Waals surface area contributed by atoms with Gasteiger partial charge in [-0.15, -0.1) is 36.2 Å². The third-order valence-electron chi connectivity index (χ3n) is 4.58. The lowest BCUT2D eigenvalue weighted by molar-refractivity contribution is 0.398. The van der Waals surface area contributed by atoms with E-state index in [2.05, 4.69) is 34.4 Å². The van der Waals surface area contributed by atoms with E-state index in [9.17, 15) is 4.79 Å². The first-order valence-corrected chi connectivity index (χ1v) is 9.12. The van der Waals surface area contributed by atoms with Gasteiger partial charge in [0.1, 0.15) is 0 Å². The molecule has 0 radical (unpaired) electrons. The molecule has 1 fully saturated rings. The first kappa shape index (κ1) is 22.2. The summed E-state index contributed by atoms with van der Waals surface area (Å²) in [5, 5.41) is 3.65. The van der Waals surface area contributed by atoms with Crippen LogP contribution in [0.3, 0.4) is 0 Å². The number of aromatic nitrogens is 1. The number of nitrogens with one attached hydrogen (secondary N) is 2. The second-order valence-electron chi connectivity index (χ2n) is 6.41. The minimum Gasteiger partial charge on any atom is -0.326 e. The molecule has 1 aliphatic rings. The van der Waals surface area contributed by atoms with Gasteiger partial charge in [0.25, 0.3) is 5.56 Å². The molecule has 2 aromatic heterocycles. The van der Waals surface area contributed by atoms with E-state index in [1.165, 1.54) is 22.7 Å². The summed E-state index contributed by atoms with van der Waals surface area (Å²) < 4.78 is 0. The predicted octanol–water partition coefficient (Wildman–Crippen LogP) is 3.61. The van der Waals surface area contributed by atoms with Gasteiger partial charge in [-0.1, -0.05) is 6.92 Å². The second kappa shape index (κ2) is 9.74. The molecule has 2 N–H and O–H groups in total. The normalized spacial score (nSPS) is 17.2. The number of thiophene rings is 1. The molecular formula is C18H27Cl2N3OS. The van der Waals surface area contributed by atoms with Gasteiger partial charge >= 0.3 is 0 Å². The summed E-state index contributed by atoms with van der Waals surface area (Å²) in [5.41, 5.74) is 2.99. The van der Waals surface area contributed by atoms with E-state index in [1.54, 1.807) is 0 Å². The maximum Gasteiger partial charge on any atom is 0.251 e. The van der Waals surface area contributed by atoms with Crippen LogP contribution in [0.4, 0.5) is 0 Å². The van der Waals surface area contributed by atoms with Gasteiger partial charge < -0.3 is 15.2 Å². The van der Waals surface area contributed by atoms with Crippen LogP contribution in [-0.2, 0) is 13.0 Å². The van der Waals surface area contributed by atoms with Gasteiger partial charge in [0.2, 0.25) is 0 Å². The van der Waals surface area contributed by atoms with E-state index < -0.39 is 0 Å². The molecular weight excluding hydrogens is 377 g/mol. The molecule has 25 heavy (non-hydrogen) atoms. The van der Waals surface area contributed by atoms with Crippen molar-refractivity contribution < 1.29 is 0 Å². The van der Waals surface area contributed by atoms with Crippen molar-refractivity contribution in [2.75, 3.05) is 20.1 Å². The average Bonchev–Trinajstić information content (AvgIpc) is 3.14. The van der Waals surface area contributed by atoms with E-state index in [0.29, 0.717) is 6.04 Å². The fraction of sp³-hybridized carbons (Fsp3) is 0.500. The van der Waals surface area contributed by atoms with Crippen molar-refractivity contribution in [1.29, 1.82) is 0 Å². The molecule has 0 aliphatic carbocycles. The highest BCUT2D eigenvalue weighted by molar-refractivity contribution is 7.15. The Labute approximate surface area is 165 Å². The monoisotopic (exact) mass is 403 g/mol. The van der Waals surface area contributed by atoms with Crippen molar-refractivity contribution in [2.45, 2.75) is 39.3 Å². The Morgan fingerprint density at radius 1 is 1.36 bits per heavy atom. The fourth-order valence-corrected chi connectivity index (χ4v) is 4.18. The number of rotatable bonds is 5. The Bertz CT molecular complexity index is 744. The van der Waals surface area contributed by atoms with Crippen LogP contribution in [0.25, 0.3) is 10.4 Å². The van der Waals surface area contributed by atoms with Crippen molar-refractivity contribution in [3.05, 3.63) is 44.7 Å². The molecule has 7 heteroatoms. The molecule has 1 aliphatic heterocycles. The number of nitrogens with zero attached hydrogens (tertiary/aromatic N) is 1. The number of hydrogen-bond acceptors (Lipinski definition) is 4. The van der Waals surface area contributed by atoms with Gasteiger partial charge in [-0.05, 0) is 51.6 Å². The van der Waals surface area contributed by atoms with E-state index in [1.807, 2.05) is 31.3 Å². The fourth-order valence-electron chi connectivity index (χ4n) is 3.15. The smallest absolute Gasteiger partial charge is 0.251 e. The van der Waals surface area contributed by atoms with E-state index in [4.69, 9.17) is 0 Å². The van der Waals surface area contributed by atoms with Gasteiger partial charge in [-0.3, -0.25) is 4.79 Å². The minimum atomic E-state index is 0. The zero-order valence-corrected chi connectivity index (χ0v) is 17.4. The van der Waals surface area contributed by atoms with Crippen LogP contribution in [0.2, 0.25) is 0 Å². The van der Waals surface area contributed by atoms with Crippen molar-refractivity contribution in [3.8, 4) is 10.4 Å². The molecule has 3 heterocycles. The molecule has 0 spiro atoms. The lowest BCUT2D eigenvalue weighted by atomic mass is 10.1. The third kappa shape index (κ3) is 5.31. The number of aryl methyl sites for hydroxylation is 2. The first-order valence-electron chi connectivity index (χ1n) is 8.30. The maximum atomic E-state index is 11.9. The Morgan fingerprint density at radius 3 is 2.76 bits per heavy atom. The summed E-state index contributed by atoms with van der Waals surface area (Å²) in [6.07, 6.45) is 1.99. The molecule has 140 valence electrons. The highest BCUT2D eigenvalue weighted by atomic mass is 35.5. The first-order chi connectivity index (χ1) is 11.1. The van der Waals surface area contributed by atoms with Gasteiger partial charge in [-0.2, -0.15) is 0 Å². The Balaban J connectivity index is 0.00000156. The van der Waals surface area contributed by atoms with Crippen LogP contribution in [0, 0.1) is 6.92 Å². The molecule has 4 nitrogen and oxygen atoms in total. The molecule has 1 saturated heterocycles. The number of likely N-dealkylation sites (N-methyl/N-ethyl adjacent to an activating group) is 1. The van der Waals surface area contributed by atoms with Crippen LogP contribution in [0.15, 0.2) is 23.0 Å². The lowest BCUT2D eigenvalue weighted by Crippen LogP contribution is -2.30. The number of likely N-dealkylation sites (tertiary alicyclic amines) is 1. The largest absolute Gasteiger partial charge is 0.326 e. The number of halogens is 2. The molecule has 2 aromatic rings. The van der Waals surface area contributed by atoms with Crippen molar-refractivity contribution in [1.82, 2.24) is 15.2 Å². The van der Waals surface area contributed by atoms with Crippen LogP contribution in [0.5, 0.6) is 0 Å². The molecule has 0 amide bonds. The third-order valence-corrected chi connectivity index (χ3v) is 5.70. The molecule has 0 saturated carbocycles. The van der Waals surface area contributed by atoms with Crippen molar-refractivity contribution in [3.63, 3.8) is 0 Å². The quantitative estimate of drug-likeness (QED) is 0.801. The SMILES string of the molecule is CCc1cc(-c2ccc(CNC3CCN(C)C3)s2)c(C)[nH]c1=O.Cl.Cl. The summed E-state index contributed by atoms with van der Waals surface area (Å²) >= 11 is 1.81. The van der Waals surface area contributed by atoms with Crippen molar-refractivity contribution >= 4 is 36.2 Å². The Kier molecular flexibility index (Phi) is 8.64. The standard InChI is InChI=1S/C18H25N3OS.2ClH/c1-4-13-9-16(12(2)20-18(13)22)17-6-5-15(23-17)10-19-14-7-8-21(3)11-14;;/h5-6,9,14,19H,4,7-8,10-11H2,1-3H3,(H,20,22);2*1H. The Hall–Kier alpha value is -0.850. The zero-order chi connectivity index (χ0) is 16.4. The van der Waals surface area contributed by atoms with E-state index >= 15 is 0 Å². The summed E-state index contributed by atoms with van der Waals surface area (Å²) in [4.78, 5) is 19.8. The number of aromatic amines is 1. The highest BCUT2D eigenvalue weighted by Crippen LogP contribution is 2.30. The van der Waals surface area contributed by atoms with Gasteiger partial charge in [-0.25, -0.2) is 0 Å². The average molecular weight is 404 g/mol. The van der Waals surface area contributed by atoms with E-state index in [-0.39, 0.29) is 30.4 Å². The number of pyridine rings is 1. The molecule has 0 aromatic carbocycles. The Morgan fingerprint density at radius 2 is 2.12 bits per heavy atom. The molecule has 0 bridgehead atoms. The summed E-state index contributed by atoms with van der Waals surface area (Å²) in [7, 11) is 2.18. The summed E-state index contributed by atoms with van der Waals surface area (Å²) in [5.74, 6) is 0. The molecule has 3 rings (SSSR count). The highest BCUT2D eigenvalue weighted by Gasteiger charge is 2.18. The predicted molar refractivity (Wildman–Crippen MR) is 112 cm³/mol. The number of H-pyrrole nitrogens is 1. The van der Waals surface area contributed by atoms with Gasteiger partial charge in [0, 0.05) is 45.7 Å². The van der Waals surface area contributed by atoms with Crippen LogP contribution < -0.4 is 10.9 Å². The van der Waals surface area contributed by atoms with Crippen LogP contribution >= 0.6 is 36.2 Å².